The van der Waals surface area contributed by atoms with E-state index >= 15 is 8.78 Å². The molecule has 2 aromatic carbocycles. The third kappa shape index (κ3) is 5.79. The molecule has 2 aliphatic heterocycles. The van der Waals surface area contributed by atoms with E-state index in [2.05, 4.69) is 5.32 Å². The van der Waals surface area contributed by atoms with Gasteiger partial charge < -0.3 is 29.0 Å². The van der Waals surface area contributed by atoms with Gasteiger partial charge in [0.25, 0.3) is 11.5 Å². The third-order valence-corrected chi connectivity index (χ3v) is 8.35. The number of pyridine rings is 1. The molecule has 11 heteroatoms. The number of nitrogens with one attached hydrogen (secondary N) is 1. The zero-order chi connectivity index (χ0) is 31.0. The summed E-state index contributed by atoms with van der Waals surface area (Å²) in [6.45, 7) is 7.54. The first-order valence-corrected chi connectivity index (χ1v) is 14.1. The van der Waals surface area contributed by atoms with Crippen molar-refractivity contribution in [3.63, 3.8) is 0 Å². The van der Waals surface area contributed by atoms with E-state index in [0.717, 1.165) is 39.9 Å². The molecule has 0 aliphatic carbocycles. The normalized spacial score (nSPS) is 17.0. The summed E-state index contributed by atoms with van der Waals surface area (Å²) in [7, 11) is 2.88. The fraction of sp³-hybridized carbons (Fsp3) is 0.406. The van der Waals surface area contributed by atoms with Gasteiger partial charge in [-0.2, -0.15) is 0 Å². The summed E-state index contributed by atoms with van der Waals surface area (Å²) in [5, 5.41) is 2.47. The van der Waals surface area contributed by atoms with Crippen LogP contribution in [0.25, 0.3) is 11.1 Å². The molecule has 228 valence electrons. The summed E-state index contributed by atoms with van der Waals surface area (Å²) in [5.41, 5.74) is 4.85. The molecule has 0 radical (unpaired) electrons. The first kappa shape index (κ1) is 30.4. The lowest BCUT2D eigenvalue weighted by Gasteiger charge is -2.35. The van der Waals surface area contributed by atoms with Crippen LogP contribution < -0.4 is 15.8 Å². The first-order chi connectivity index (χ1) is 20.5. The van der Waals surface area contributed by atoms with Crippen LogP contribution in [0.1, 0.15) is 45.1 Å². The van der Waals surface area contributed by atoms with Gasteiger partial charge in [-0.25, -0.2) is 13.6 Å². The topological polar surface area (TPSA) is 99.1 Å². The van der Waals surface area contributed by atoms with Gasteiger partial charge in [0.1, 0.15) is 23.2 Å². The second kappa shape index (κ2) is 12.3. The number of methoxy groups -OCH3 is 1. The first-order valence-electron chi connectivity index (χ1n) is 14.1. The van der Waals surface area contributed by atoms with Crippen LogP contribution in [0.2, 0.25) is 0 Å². The number of amides is 1. The van der Waals surface area contributed by atoms with Crippen molar-refractivity contribution in [2.45, 2.75) is 52.5 Å². The fourth-order valence-corrected chi connectivity index (χ4v) is 5.90. The summed E-state index contributed by atoms with van der Waals surface area (Å²) < 4.78 is 48.0. The van der Waals surface area contributed by atoms with Gasteiger partial charge in [0.05, 0.1) is 39.1 Å². The third-order valence-electron chi connectivity index (χ3n) is 8.35. The number of carbonyl (C=O) groups is 2. The van der Waals surface area contributed by atoms with Crippen LogP contribution in [0.15, 0.2) is 35.3 Å². The zero-order valence-electron chi connectivity index (χ0n) is 24.9. The lowest BCUT2D eigenvalue weighted by atomic mass is 9.89. The summed E-state index contributed by atoms with van der Waals surface area (Å²) in [4.78, 5) is 40.9. The number of ether oxygens (including phenoxy) is 3. The Labute approximate surface area is 248 Å². The minimum Gasteiger partial charge on any atom is -0.467 e. The molecule has 0 unspecified atom stereocenters. The molecule has 1 N–H and O–H groups in total. The highest BCUT2D eigenvalue weighted by atomic mass is 19.1. The van der Waals surface area contributed by atoms with Gasteiger partial charge in [0, 0.05) is 37.9 Å². The highest BCUT2D eigenvalue weighted by Crippen LogP contribution is 2.35. The van der Waals surface area contributed by atoms with E-state index in [1.54, 1.807) is 23.9 Å². The van der Waals surface area contributed by atoms with Gasteiger partial charge in [-0.15, -0.1) is 0 Å². The van der Waals surface area contributed by atoms with E-state index in [-0.39, 0.29) is 31.2 Å². The second-order valence-corrected chi connectivity index (χ2v) is 11.1. The van der Waals surface area contributed by atoms with E-state index in [9.17, 15) is 14.4 Å². The van der Waals surface area contributed by atoms with Crippen LogP contribution in [0.3, 0.4) is 0 Å². The number of fused-ring (bicyclic) bond motifs is 1. The van der Waals surface area contributed by atoms with Crippen LogP contribution in [-0.2, 0) is 45.7 Å². The molecule has 5 rings (SSSR count). The Morgan fingerprint density at radius 2 is 1.81 bits per heavy atom. The number of nitrogens with zero attached hydrogens (tertiary/aromatic N) is 2. The molecule has 0 bridgehead atoms. The number of carbonyl (C=O) groups excluding carboxylic acids is 2. The molecule has 2 aliphatic rings. The van der Waals surface area contributed by atoms with E-state index in [1.807, 2.05) is 31.7 Å². The molecule has 1 fully saturated rings. The second-order valence-electron chi connectivity index (χ2n) is 11.1. The van der Waals surface area contributed by atoms with E-state index in [1.165, 1.54) is 7.11 Å². The molecule has 0 saturated carbocycles. The monoisotopic (exact) mass is 595 g/mol. The molecule has 1 aromatic heterocycles. The number of morpholine rings is 1. The van der Waals surface area contributed by atoms with Gasteiger partial charge in [-0.1, -0.05) is 12.1 Å². The smallest absolute Gasteiger partial charge is 0.328 e. The molecule has 43 heavy (non-hydrogen) atoms. The summed E-state index contributed by atoms with van der Waals surface area (Å²) in [6, 6.07) is 4.50. The van der Waals surface area contributed by atoms with Gasteiger partial charge in [-0.05, 0) is 66.3 Å². The van der Waals surface area contributed by atoms with E-state index < -0.39 is 35.1 Å². The number of hydrogen-bond donors (Lipinski definition) is 1. The zero-order valence-corrected chi connectivity index (χ0v) is 24.9. The van der Waals surface area contributed by atoms with Crippen molar-refractivity contribution >= 4 is 17.6 Å². The van der Waals surface area contributed by atoms with Gasteiger partial charge in [-0.3, -0.25) is 9.59 Å². The number of hydrogen-bond acceptors (Lipinski definition) is 7. The number of rotatable bonds is 7. The van der Waals surface area contributed by atoms with Crippen molar-refractivity contribution in [2.75, 3.05) is 31.8 Å². The maximum absolute atomic E-state index is 15.2. The van der Waals surface area contributed by atoms with Gasteiger partial charge in [0.15, 0.2) is 0 Å². The molecule has 3 heterocycles. The van der Waals surface area contributed by atoms with Crippen LogP contribution in [0, 0.1) is 25.5 Å². The highest BCUT2D eigenvalue weighted by molar-refractivity contribution is 5.97. The molecular formula is C32H35F2N3O6. The van der Waals surface area contributed by atoms with Crippen molar-refractivity contribution in [2.24, 2.45) is 7.05 Å². The Hall–Kier alpha value is -4.09. The molecule has 9 nitrogen and oxygen atoms in total. The molecule has 1 amide bonds. The Balaban J connectivity index is 1.44. The van der Waals surface area contributed by atoms with Crippen LogP contribution in [0.4, 0.5) is 14.5 Å². The Kier molecular flexibility index (Phi) is 8.66. The standard InChI is InChI=1S/C32H35F2N3O6/c1-17-13-36(4)31(39)28(19(17)3)22-7-6-20(23-15-43-16-24(22)23)10-27(32(40)41-5)35-30(38)29-25(33)11-21(12-26(29)34)37-8-9-42-14-18(37)2/h6-7,11-13,18,27H,8-10,14-16H2,1-5H3,(H,35,38)/t18-,27-/m0/s1. The average Bonchev–Trinajstić information content (AvgIpc) is 3.47. The number of aromatic nitrogens is 1. The number of benzene rings is 2. The Morgan fingerprint density at radius 3 is 2.49 bits per heavy atom. The minimum atomic E-state index is -1.24. The van der Waals surface area contributed by atoms with Gasteiger partial charge in [0.2, 0.25) is 0 Å². The Morgan fingerprint density at radius 1 is 1.12 bits per heavy atom. The summed E-state index contributed by atoms with van der Waals surface area (Å²) in [6.07, 6.45) is 1.78. The predicted molar refractivity (Wildman–Crippen MR) is 156 cm³/mol. The fourth-order valence-electron chi connectivity index (χ4n) is 5.90. The van der Waals surface area contributed by atoms with Crippen molar-refractivity contribution in [3.8, 4) is 11.1 Å². The average molecular weight is 596 g/mol. The van der Waals surface area contributed by atoms with Crippen molar-refractivity contribution < 1.29 is 32.6 Å². The number of halogens is 2. The van der Waals surface area contributed by atoms with Crippen molar-refractivity contribution in [1.29, 1.82) is 0 Å². The lowest BCUT2D eigenvalue weighted by molar-refractivity contribution is -0.142. The largest absolute Gasteiger partial charge is 0.467 e. The maximum Gasteiger partial charge on any atom is 0.328 e. The van der Waals surface area contributed by atoms with Crippen molar-refractivity contribution in [1.82, 2.24) is 9.88 Å². The molecule has 1 saturated heterocycles. The molecule has 0 spiro atoms. The van der Waals surface area contributed by atoms with Gasteiger partial charge >= 0.3 is 5.97 Å². The lowest BCUT2D eigenvalue weighted by Crippen LogP contribution is -2.44. The number of anilines is 1. The molecular weight excluding hydrogens is 560 g/mol. The molecule has 2 atom stereocenters. The quantitative estimate of drug-likeness (QED) is 0.416. The minimum absolute atomic E-state index is 0.0121. The summed E-state index contributed by atoms with van der Waals surface area (Å²) >= 11 is 0. The van der Waals surface area contributed by atoms with Crippen molar-refractivity contribution in [3.05, 3.63) is 85.8 Å². The summed E-state index contributed by atoms with van der Waals surface area (Å²) in [5.74, 6) is -3.92. The number of esters is 1. The predicted octanol–water partition coefficient (Wildman–Crippen LogP) is 3.72. The Bertz CT molecular complexity index is 1630. The van der Waals surface area contributed by atoms with Crippen LogP contribution in [0.5, 0.6) is 0 Å². The van der Waals surface area contributed by atoms with E-state index in [0.29, 0.717) is 36.6 Å². The van der Waals surface area contributed by atoms with E-state index in [4.69, 9.17) is 14.2 Å². The van der Waals surface area contributed by atoms with Crippen LogP contribution >= 0.6 is 0 Å². The SMILES string of the molecule is COC(=O)[C@H](Cc1ccc(-c2c(C)c(C)cn(C)c2=O)c2c1COC2)NC(=O)c1c(F)cc(N2CCOC[C@@H]2C)cc1F. The highest BCUT2D eigenvalue weighted by Gasteiger charge is 2.30. The maximum atomic E-state index is 15.2. The number of aryl methyl sites for hydroxylation is 2. The molecule has 3 aromatic rings. The van der Waals surface area contributed by atoms with Crippen LogP contribution in [-0.4, -0.2) is 55.4 Å².